The van der Waals surface area contributed by atoms with Crippen molar-refractivity contribution < 1.29 is 23.1 Å². The monoisotopic (exact) mass is 398 g/mol. The molecule has 2 aromatic carbocycles. The van der Waals surface area contributed by atoms with Gasteiger partial charge in [-0.05, 0) is 29.8 Å². The molecule has 2 rings (SSSR count). The Morgan fingerprint density at radius 3 is 2.46 bits per heavy atom. The average Bonchev–Trinajstić information content (AvgIpc) is 2.58. The van der Waals surface area contributed by atoms with Crippen molar-refractivity contribution >= 4 is 33.2 Å². The van der Waals surface area contributed by atoms with E-state index < -0.39 is 22.0 Å². The molecule has 1 unspecified atom stereocenters. The highest BCUT2D eigenvalue weighted by atomic mass is 35.5. The summed E-state index contributed by atoms with van der Waals surface area (Å²) in [7, 11) is -2.09. The summed E-state index contributed by atoms with van der Waals surface area (Å²) in [6.07, 6.45) is 0.0745. The molecule has 140 valence electrons. The number of urea groups is 1. The minimum atomic E-state index is -3.63. The number of halogens is 1. The molecule has 0 aliphatic carbocycles. The largest absolute Gasteiger partial charge is 0.497 e. The highest BCUT2D eigenvalue weighted by Gasteiger charge is 2.19. The Morgan fingerprint density at radius 1 is 1.23 bits per heavy atom. The first-order valence-electron chi connectivity index (χ1n) is 7.58. The summed E-state index contributed by atoms with van der Waals surface area (Å²) in [5.74, 6) is 0.654. The lowest BCUT2D eigenvalue weighted by atomic mass is 10.1. The molecular weight excluding hydrogens is 380 g/mol. The number of aliphatic hydroxyl groups is 1. The summed E-state index contributed by atoms with van der Waals surface area (Å²) in [5.41, 5.74) is 0.669. The van der Waals surface area contributed by atoms with Crippen LogP contribution in [0.25, 0.3) is 0 Å². The van der Waals surface area contributed by atoms with Gasteiger partial charge in [-0.2, -0.15) is 0 Å². The van der Waals surface area contributed by atoms with E-state index in [1.165, 1.54) is 25.3 Å². The normalized spacial score (nSPS) is 12.3. The summed E-state index contributed by atoms with van der Waals surface area (Å²) in [4.78, 5) is 11.9. The van der Waals surface area contributed by atoms with Crippen LogP contribution in [0, 0.1) is 0 Å². The highest BCUT2D eigenvalue weighted by molar-refractivity contribution is 7.91. The number of benzene rings is 2. The summed E-state index contributed by atoms with van der Waals surface area (Å²) in [6, 6.07) is 10.5. The van der Waals surface area contributed by atoms with E-state index in [4.69, 9.17) is 16.3 Å². The predicted octanol–water partition coefficient (Wildman–Crippen LogP) is 2.61. The summed E-state index contributed by atoms with van der Waals surface area (Å²) < 4.78 is 28.7. The topological polar surface area (TPSA) is 105 Å². The molecule has 9 heteroatoms. The van der Waals surface area contributed by atoms with Gasteiger partial charge in [-0.25, -0.2) is 13.2 Å². The Morgan fingerprint density at radius 2 is 1.88 bits per heavy atom. The highest BCUT2D eigenvalue weighted by Crippen LogP contribution is 2.29. The van der Waals surface area contributed by atoms with Gasteiger partial charge in [-0.15, -0.1) is 0 Å². The number of sulfone groups is 1. The summed E-state index contributed by atoms with van der Waals surface area (Å²) in [5, 5.41) is 15.1. The van der Waals surface area contributed by atoms with Crippen molar-refractivity contribution in [1.29, 1.82) is 0 Å². The zero-order valence-corrected chi connectivity index (χ0v) is 15.8. The second-order valence-corrected chi connectivity index (χ2v) is 7.87. The van der Waals surface area contributed by atoms with Gasteiger partial charge in [0.25, 0.3) is 0 Å². The SMILES string of the molecule is COc1ccc(C(O)CNC(=O)Nc2cccc(Cl)c2S(C)(=O)=O)cc1. The van der Waals surface area contributed by atoms with Crippen LogP contribution in [0.5, 0.6) is 5.75 Å². The van der Waals surface area contributed by atoms with E-state index in [2.05, 4.69) is 10.6 Å². The van der Waals surface area contributed by atoms with Gasteiger partial charge in [0, 0.05) is 12.8 Å². The van der Waals surface area contributed by atoms with Crippen molar-refractivity contribution in [2.45, 2.75) is 11.0 Å². The molecule has 0 fully saturated rings. The fourth-order valence-corrected chi connectivity index (χ4v) is 3.82. The standard InChI is InChI=1S/C17H19ClN2O5S/c1-25-12-8-6-11(7-9-12)15(21)10-19-17(22)20-14-5-3-4-13(18)16(14)26(2,23)24/h3-9,15,21H,10H2,1-2H3,(H2,19,20,22). The lowest BCUT2D eigenvalue weighted by Gasteiger charge is -2.15. The molecule has 0 radical (unpaired) electrons. The Labute approximate surface area is 156 Å². The van der Waals surface area contributed by atoms with Crippen LogP contribution in [0.1, 0.15) is 11.7 Å². The van der Waals surface area contributed by atoms with Gasteiger partial charge in [0.15, 0.2) is 9.84 Å². The fraction of sp³-hybridized carbons (Fsp3) is 0.235. The van der Waals surface area contributed by atoms with E-state index in [1.54, 1.807) is 24.3 Å². The first-order valence-corrected chi connectivity index (χ1v) is 9.84. The van der Waals surface area contributed by atoms with Gasteiger partial charge in [0.05, 0.1) is 23.9 Å². The minimum Gasteiger partial charge on any atom is -0.497 e. The lowest BCUT2D eigenvalue weighted by molar-refractivity contribution is 0.175. The van der Waals surface area contributed by atoms with Crippen molar-refractivity contribution in [1.82, 2.24) is 5.32 Å². The number of nitrogens with one attached hydrogen (secondary N) is 2. The molecule has 0 aliphatic heterocycles. The Hall–Kier alpha value is -2.29. The Bertz CT molecular complexity index is 885. The molecule has 7 nitrogen and oxygen atoms in total. The number of amides is 2. The number of carbonyl (C=O) groups excluding carboxylic acids is 1. The number of rotatable bonds is 6. The van der Waals surface area contributed by atoms with Crippen LogP contribution in [-0.4, -0.2) is 39.5 Å². The smallest absolute Gasteiger partial charge is 0.319 e. The summed E-state index contributed by atoms with van der Waals surface area (Å²) in [6.45, 7) is -0.0626. The third-order valence-corrected chi connectivity index (χ3v) is 5.15. The molecule has 2 amide bonds. The van der Waals surface area contributed by atoms with E-state index in [9.17, 15) is 18.3 Å². The van der Waals surface area contributed by atoms with Gasteiger partial charge >= 0.3 is 6.03 Å². The second kappa shape index (κ2) is 8.39. The zero-order chi connectivity index (χ0) is 19.3. The molecule has 0 heterocycles. The average molecular weight is 399 g/mol. The molecule has 0 bridgehead atoms. The minimum absolute atomic E-state index is 0.0172. The van der Waals surface area contributed by atoms with Crippen molar-refractivity contribution in [2.75, 3.05) is 25.2 Å². The molecule has 0 aliphatic rings. The maximum absolute atomic E-state index is 12.0. The van der Waals surface area contributed by atoms with Crippen molar-refractivity contribution in [3.63, 3.8) is 0 Å². The summed E-state index contributed by atoms with van der Waals surface area (Å²) >= 11 is 5.93. The number of hydrogen-bond donors (Lipinski definition) is 3. The number of ether oxygens (including phenoxy) is 1. The van der Waals surface area contributed by atoms with E-state index >= 15 is 0 Å². The Kier molecular flexibility index (Phi) is 6.47. The van der Waals surface area contributed by atoms with Crippen molar-refractivity contribution in [3.8, 4) is 5.75 Å². The van der Waals surface area contributed by atoms with Crippen LogP contribution in [0.3, 0.4) is 0 Å². The molecule has 0 spiro atoms. The first-order chi connectivity index (χ1) is 12.2. The molecule has 0 aromatic heterocycles. The number of carbonyl (C=O) groups is 1. The van der Waals surface area contributed by atoms with E-state index in [0.29, 0.717) is 11.3 Å². The quantitative estimate of drug-likeness (QED) is 0.693. The van der Waals surface area contributed by atoms with Crippen LogP contribution < -0.4 is 15.4 Å². The van der Waals surface area contributed by atoms with Crippen LogP contribution in [0.4, 0.5) is 10.5 Å². The molecule has 3 N–H and O–H groups in total. The van der Waals surface area contributed by atoms with Gasteiger partial charge < -0.3 is 20.5 Å². The Balaban J connectivity index is 2.02. The fourth-order valence-electron chi connectivity index (χ4n) is 2.28. The van der Waals surface area contributed by atoms with Gasteiger partial charge in [0.2, 0.25) is 0 Å². The van der Waals surface area contributed by atoms with E-state index in [-0.39, 0.29) is 22.2 Å². The van der Waals surface area contributed by atoms with Crippen LogP contribution in [-0.2, 0) is 9.84 Å². The molecule has 26 heavy (non-hydrogen) atoms. The number of anilines is 1. The molecule has 1 atom stereocenters. The molecule has 0 saturated heterocycles. The second-order valence-electron chi connectivity index (χ2n) is 5.51. The lowest BCUT2D eigenvalue weighted by Crippen LogP contribution is -2.32. The molecule has 0 saturated carbocycles. The van der Waals surface area contributed by atoms with Crippen LogP contribution in [0.2, 0.25) is 5.02 Å². The number of aliphatic hydroxyl groups excluding tert-OH is 1. The van der Waals surface area contributed by atoms with Gasteiger partial charge in [0.1, 0.15) is 10.6 Å². The predicted molar refractivity (Wildman–Crippen MR) is 99.5 cm³/mol. The number of methoxy groups -OCH3 is 1. The maximum Gasteiger partial charge on any atom is 0.319 e. The van der Waals surface area contributed by atoms with Crippen LogP contribution in [0.15, 0.2) is 47.4 Å². The van der Waals surface area contributed by atoms with Crippen molar-refractivity contribution in [3.05, 3.63) is 53.1 Å². The van der Waals surface area contributed by atoms with Crippen LogP contribution >= 0.6 is 11.6 Å². The first kappa shape index (κ1) is 20.0. The van der Waals surface area contributed by atoms with E-state index in [1.807, 2.05) is 0 Å². The molecule has 2 aromatic rings. The van der Waals surface area contributed by atoms with Gasteiger partial charge in [-0.3, -0.25) is 0 Å². The third-order valence-electron chi connectivity index (χ3n) is 3.54. The third kappa shape index (κ3) is 5.10. The van der Waals surface area contributed by atoms with Gasteiger partial charge in [-0.1, -0.05) is 29.8 Å². The molecular formula is C17H19ClN2O5S. The zero-order valence-electron chi connectivity index (χ0n) is 14.2. The maximum atomic E-state index is 12.0. The van der Waals surface area contributed by atoms with Crippen molar-refractivity contribution in [2.24, 2.45) is 0 Å². The van der Waals surface area contributed by atoms with E-state index in [0.717, 1.165) is 6.26 Å². The number of hydrogen-bond acceptors (Lipinski definition) is 5.